The lowest BCUT2D eigenvalue weighted by molar-refractivity contribution is -0.0826. The Kier molecular flexibility index (Phi) is 3.21. The summed E-state index contributed by atoms with van der Waals surface area (Å²) >= 11 is 2.21. The summed E-state index contributed by atoms with van der Waals surface area (Å²) in [7, 11) is 0. The lowest BCUT2D eigenvalue weighted by atomic mass is 9.91. The monoisotopic (exact) mass is 331 g/mol. The Bertz CT molecular complexity index is 396. The van der Waals surface area contributed by atoms with Crippen molar-refractivity contribution in [3.63, 3.8) is 0 Å². The first-order valence-corrected chi connectivity index (χ1v) is 6.39. The van der Waals surface area contributed by atoms with Crippen molar-refractivity contribution in [3.05, 3.63) is 33.4 Å². The van der Waals surface area contributed by atoms with Gasteiger partial charge in [0.25, 0.3) is 5.91 Å². The van der Waals surface area contributed by atoms with Crippen LogP contribution in [0, 0.1) is 3.57 Å². The van der Waals surface area contributed by atoms with Gasteiger partial charge in [-0.1, -0.05) is 6.92 Å². The molecule has 1 saturated heterocycles. The first kappa shape index (κ1) is 11.9. The molecule has 0 spiro atoms. The van der Waals surface area contributed by atoms with Crippen molar-refractivity contribution in [2.45, 2.75) is 18.9 Å². The molecule has 86 valence electrons. The van der Waals surface area contributed by atoms with Crippen LogP contribution in [-0.4, -0.2) is 34.6 Å². The van der Waals surface area contributed by atoms with E-state index in [0.717, 1.165) is 3.57 Å². The van der Waals surface area contributed by atoms with Gasteiger partial charge in [0.15, 0.2) is 0 Å². The van der Waals surface area contributed by atoms with Crippen molar-refractivity contribution >= 4 is 28.5 Å². The van der Waals surface area contributed by atoms with Crippen LogP contribution in [-0.2, 0) is 0 Å². The zero-order valence-corrected chi connectivity index (χ0v) is 11.3. The summed E-state index contributed by atoms with van der Waals surface area (Å²) in [6.07, 6.45) is 0.698. The standard InChI is InChI=1S/C12H14INO2/c1-2-12(16)7-14(8-12)11(15)9-3-5-10(13)6-4-9/h3-6,16H,2,7-8H2,1H3. The Morgan fingerprint density at radius 2 is 2.00 bits per heavy atom. The second-order valence-corrected chi connectivity index (χ2v) is 5.49. The number of likely N-dealkylation sites (tertiary alicyclic amines) is 1. The van der Waals surface area contributed by atoms with Gasteiger partial charge in [-0.2, -0.15) is 0 Å². The molecule has 1 amide bonds. The predicted molar refractivity (Wildman–Crippen MR) is 70.3 cm³/mol. The van der Waals surface area contributed by atoms with E-state index in [9.17, 15) is 9.90 Å². The Hall–Kier alpha value is -0.620. The molecule has 1 fully saturated rings. The number of carbonyl (C=O) groups is 1. The third-order valence-electron chi connectivity index (χ3n) is 3.01. The van der Waals surface area contributed by atoms with E-state index in [1.165, 1.54) is 0 Å². The average Bonchev–Trinajstić information content (AvgIpc) is 2.25. The molecule has 1 heterocycles. The van der Waals surface area contributed by atoms with Crippen LogP contribution in [0.1, 0.15) is 23.7 Å². The van der Waals surface area contributed by atoms with Crippen molar-refractivity contribution in [1.82, 2.24) is 4.90 Å². The Morgan fingerprint density at radius 3 is 2.50 bits per heavy atom. The van der Waals surface area contributed by atoms with Crippen LogP contribution >= 0.6 is 22.6 Å². The van der Waals surface area contributed by atoms with Crippen LogP contribution in [0.25, 0.3) is 0 Å². The maximum atomic E-state index is 12.0. The van der Waals surface area contributed by atoms with Crippen molar-refractivity contribution in [2.24, 2.45) is 0 Å². The molecule has 3 nitrogen and oxygen atoms in total. The number of hydrogen-bond acceptors (Lipinski definition) is 2. The van der Waals surface area contributed by atoms with Crippen molar-refractivity contribution in [1.29, 1.82) is 0 Å². The second-order valence-electron chi connectivity index (χ2n) is 4.25. The summed E-state index contributed by atoms with van der Waals surface area (Å²) in [5.74, 6) is 0.00882. The molecular weight excluding hydrogens is 317 g/mol. The van der Waals surface area contributed by atoms with E-state index >= 15 is 0 Å². The molecule has 2 rings (SSSR count). The van der Waals surface area contributed by atoms with Gasteiger partial charge in [0.1, 0.15) is 0 Å². The van der Waals surface area contributed by atoms with E-state index < -0.39 is 5.60 Å². The number of β-amino-alcohol motifs (C(OH)–C–C–N with tert-alkyl or cyclic N) is 1. The van der Waals surface area contributed by atoms with E-state index in [1.807, 2.05) is 31.2 Å². The molecule has 1 aliphatic rings. The molecule has 0 aliphatic carbocycles. The summed E-state index contributed by atoms with van der Waals surface area (Å²) in [4.78, 5) is 13.6. The Labute approximate surface area is 109 Å². The predicted octanol–water partition coefficient (Wildman–Crippen LogP) is 1.89. The van der Waals surface area contributed by atoms with Gasteiger partial charge in [-0.25, -0.2) is 0 Å². The molecule has 1 aromatic rings. The number of amides is 1. The van der Waals surface area contributed by atoms with Gasteiger partial charge in [-0.05, 0) is 53.3 Å². The maximum absolute atomic E-state index is 12.0. The van der Waals surface area contributed by atoms with Crippen molar-refractivity contribution in [3.8, 4) is 0 Å². The van der Waals surface area contributed by atoms with Crippen LogP contribution in [0.4, 0.5) is 0 Å². The van der Waals surface area contributed by atoms with Crippen LogP contribution < -0.4 is 0 Å². The van der Waals surface area contributed by atoms with E-state index in [0.29, 0.717) is 25.1 Å². The molecule has 0 saturated carbocycles. The number of carbonyl (C=O) groups excluding carboxylic acids is 1. The summed E-state index contributed by atoms with van der Waals surface area (Å²) in [6, 6.07) is 7.49. The minimum absolute atomic E-state index is 0.00882. The van der Waals surface area contributed by atoms with Crippen LogP contribution in [0.3, 0.4) is 0 Å². The Balaban J connectivity index is 2.03. The molecular formula is C12H14INO2. The lowest BCUT2D eigenvalue weighted by Gasteiger charge is -2.46. The number of hydrogen-bond donors (Lipinski definition) is 1. The van der Waals surface area contributed by atoms with Gasteiger partial charge in [0, 0.05) is 9.13 Å². The smallest absolute Gasteiger partial charge is 0.254 e. The average molecular weight is 331 g/mol. The van der Waals surface area contributed by atoms with Crippen LogP contribution in [0.5, 0.6) is 0 Å². The quantitative estimate of drug-likeness (QED) is 0.841. The molecule has 0 atom stereocenters. The fourth-order valence-electron chi connectivity index (χ4n) is 1.81. The van der Waals surface area contributed by atoms with Crippen molar-refractivity contribution < 1.29 is 9.90 Å². The van der Waals surface area contributed by atoms with E-state index in [4.69, 9.17) is 0 Å². The zero-order valence-electron chi connectivity index (χ0n) is 9.11. The maximum Gasteiger partial charge on any atom is 0.254 e. The third kappa shape index (κ3) is 2.22. The molecule has 1 N–H and O–H groups in total. The molecule has 1 aliphatic heterocycles. The molecule has 16 heavy (non-hydrogen) atoms. The topological polar surface area (TPSA) is 40.5 Å². The molecule has 0 radical (unpaired) electrons. The normalized spacial score (nSPS) is 18.1. The molecule has 0 unspecified atom stereocenters. The van der Waals surface area contributed by atoms with Gasteiger partial charge in [-0.3, -0.25) is 4.79 Å². The summed E-state index contributed by atoms with van der Waals surface area (Å²) in [5, 5.41) is 9.83. The second kappa shape index (κ2) is 4.33. The first-order chi connectivity index (χ1) is 7.54. The van der Waals surface area contributed by atoms with Crippen LogP contribution in [0.15, 0.2) is 24.3 Å². The van der Waals surface area contributed by atoms with Gasteiger partial charge in [0.05, 0.1) is 18.7 Å². The summed E-state index contributed by atoms with van der Waals surface area (Å²) < 4.78 is 1.11. The highest BCUT2D eigenvalue weighted by atomic mass is 127. The van der Waals surface area contributed by atoms with E-state index in [1.54, 1.807) is 4.90 Å². The van der Waals surface area contributed by atoms with E-state index in [-0.39, 0.29) is 5.91 Å². The number of rotatable bonds is 2. The molecule has 4 heteroatoms. The fraction of sp³-hybridized carbons (Fsp3) is 0.417. The van der Waals surface area contributed by atoms with Gasteiger partial charge in [-0.15, -0.1) is 0 Å². The van der Waals surface area contributed by atoms with Crippen LogP contribution in [0.2, 0.25) is 0 Å². The highest BCUT2D eigenvalue weighted by Gasteiger charge is 2.42. The number of benzene rings is 1. The van der Waals surface area contributed by atoms with Gasteiger partial charge < -0.3 is 10.0 Å². The highest BCUT2D eigenvalue weighted by molar-refractivity contribution is 14.1. The summed E-state index contributed by atoms with van der Waals surface area (Å²) in [6.45, 7) is 2.84. The number of aliphatic hydroxyl groups is 1. The van der Waals surface area contributed by atoms with Gasteiger partial charge in [0.2, 0.25) is 0 Å². The number of halogens is 1. The van der Waals surface area contributed by atoms with Crippen molar-refractivity contribution in [2.75, 3.05) is 13.1 Å². The van der Waals surface area contributed by atoms with Gasteiger partial charge >= 0.3 is 0 Å². The SMILES string of the molecule is CCC1(O)CN(C(=O)c2ccc(I)cc2)C1. The third-order valence-corrected chi connectivity index (χ3v) is 3.73. The van der Waals surface area contributed by atoms with E-state index in [2.05, 4.69) is 22.6 Å². The number of nitrogens with zero attached hydrogens (tertiary/aromatic N) is 1. The lowest BCUT2D eigenvalue weighted by Crippen LogP contribution is -2.63. The minimum atomic E-state index is -0.654. The first-order valence-electron chi connectivity index (χ1n) is 5.31. The fourth-order valence-corrected chi connectivity index (χ4v) is 2.17. The molecule has 1 aromatic carbocycles. The Morgan fingerprint density at radius 1 is 1.44 bits per heavy atom. The molecule has 0 aromatic heterocycles. The summed E-state index contributed by atoms with van der Waals surface area (Å²) in [5.41, 5.74) is 0.0392. The zero-order chi connectivity index (χ0) is 11.8. The largest absolute Gasteiger partial charge is 0.386 e. The highest BCUT2D eigenvalue weighted by Crippen LogP contribution is 2.25. The molecule has 0 bridgehead atoms. The minimum Gasteiger partial charge on any atom is -0.386 e.